The number of nitrogens with zero attached hydrogens (tertiary/aromatic N) is 1. The summed E-state index contributed by atoms with van der Waals surface area (Å²) in [6.45, 7) is 9.01. The lowest BCUT2D eigenvalue weighted by Crippen LogP contribution is -2.41. The van der Waals surface area contributed by atoms with Gasteiger partial charge in [-0.1, -0.05) is 27.2 Å². The fourth-order valence-corrected chi connectivity index (χ4v) is 2.03. The first-order chi connectivity index (χ1) is 7.00. The molecule has 1 unspecified atom stereocenters. The second-order valence-corrected chi connectivity index (χ2v) is 5.89. The van der Waals surface area contributed by atoms with Crippen LogP contribution in [0.2, 0.25) is 0 Å². The average molecular weight is 249 g/mol. The van der Waals surface area contributed by atoms with Crippen LogP contribution < -0.4 is 5.73 Å². The molecule has 16 heavy (non-hydrogen) atoms. The highest BCUT2D eigenvalue weighted by Gasteiger charge is 2.33. The van der Waals surface area contributed by atoms with Crippen molar-refractivity contribution < 1.29 is 0 Å². The minimum Gasteiger partial charge on any atom is -0.329 e. The van der Waals surface area contributed by atoms with E-state index in [4.69, 9.17) is 5.73 Å². The molecule has 0 aromatic heterocycles. The fourth-order valence-electron chi connectivity index (χ4n) is 2.03. The smallest absolute Gasteiger partial charge is 0.0243 e. The topological polar surface area (TPSA) is 29.3 Å². The van der Waals surface area contributed by atoms with Crippen molar-refractivity contribution in [1.29, 1.82) is 0 Å². The summed E-state index contributed by atoms with van der Waals surface area (Å²) in [4.78, 5) is 2.48. The molecule has 0 heterocycles. The predicted molar refractivity (Wildman–Crippen MR) is 74.1 cm³/mol. The fraction of sp³-hybridized carbons (Fsp3) is 1.00. The second-order valence-electron chi connectivity index (χ2n) is 5.89. The lowest BCUT2D eigenvalue weighted by molar-refractivity contribution is 0.183. The molecule has 0 spiro atoms. The number of likely N-dealkylation sites (N-methyl/N-ethyl adjacent to an activating group) is 1. The highest BCUT2D eigenvalue weighted by Crippen LogP contribution is 2.35. The summed E-state index contributed by atoms with van der Waals surface area (Å²) < 4.78 is 0. The molecule has 1 saturated carbocycles. The Kier molecular flexibility index (Phi) is 6.92. The molecule has 1 rings (SSSR count). The highest BCUT2D eigenvalue weighted by molar-refractivity contribution is 5.85. The molecule has 0 radical (unpaired) electrons. The predicted octanol–water partition coefficient (Wildman–Crippen LogP) is 2.90. The summed E-state index contributed by atoms with van der Waals surface area (Å²) in [7, 11) is 2.24. The van der Waals surface area contributed by atoms with Gasteiger partial charge in [0.05, 0.1) is 0 Å². The molecule has 0 aliphatic heterocycles. The SMILES string of the molecule is CCC(C)(C)CCN(C)C(CN)C1CC1.Cl. The lowest BCUT2D eigenvalue weighted by atomic mass is 9.86. The van der Waals surface area contributed by atoms with E-state index in [2.05, 4.69) is 32.7 Å². The van der Waals surface area contributed by atoms with Crippen LogP contribution in [0.3, 0.4) is 0 Å². The first-order valence-corrected chi connectivity index (χ1v) is 6.40. The van der Waals surface area contributed by atoms with Crippen LogP contribution in [0, 0.1) is 11.3 Å². The Labute approximate surface area is 107 Å². The van der Waals surface area contributed by atoms with Gasteiger partial charge in [0.1, 0.15) is 0 Å². The van der Waals surface area contributed by atoms with Crippen LogP contribution in [0.4, 0.5) is 0 Å². The van der Waals surface area contributed by atoms with Gasteiger partial charge in [0.2, 0.25) is 0 Å². The van der Waals surface area contributed by atoms with Gasteiger partial charge < -0.3 is 10.6 Å². The van der Waals surface area contributed by atoms with Crippen molar-refractivity contribution in [3.05, 3.63) is 0 Å². The van der Waals surface area contributed by atoms with Crippen LogP contribution in [0.5, 0.6) is 0 Å². The molecule has 0 bridgehead atoms. The lowest BCUT2D eigenvalue weighted by Gasteiger charge is -2.31. The highest BCUT2D eigenvalue weighted by atomic mass is 35.5. The molecule has 0 aromatic rings. The summed E-state index contributed by atoms with van der Waals surface area (Å²) in [6.07, 6.45) is 5.33. The van der Waals surface area contributed by atoms with Crippen molar-refractivity contribution >= 4 is 12.4 Å². The maximum atomic E-state index is 5.84. The Morgan fingerprint density at radius 1 is 1.38 bits per heavy atom. The summed E-state index contributed by atoms with van der Waals surface area (Å²) in [5.41, 5.74) is 6.33. The van der Waals surface area contributed by atoms with Gasteiger partial charge in [0.25, 0.3) is 0 Å². The van der Waals surface area contributed by atoms with Crippen LogP contribution in [0.15, 0.2) is 0 Å². The van der Waals surface area contributed by atoms with E-state index in [1.54, 1.807) is 0 Å². The Bertz CT molecular complexity index is 190. The van der Waals surface area contributed by atoms with Gasteiger partial charge in [0, 0.05) is 12.6 Å². The van der Waals surface area contributed by atoms with Gasteiger partial charge in [-0.3, -0.25) is 0 Å². The van der Waals surface area contributed by atoms with E-state index in [-0.39, 0.29) is 12.4 Å². The molecular weight excluding hydrogens is 220 g/mol. The summed E-state index contributed by atoms with van der Waals surface area (Å²) in [5.74, 6) is 0.893. The van der Waals surface area contributed by atoms with Crippen LogP contribution in [0.25, 0.3) is 0 Å². The van der Waals surface area contributed by atoms with Crippen LogP contribution >= 0.6 is 12.4 Å². The van der Waals surface area contributed by atoms with Crippen molar-refractivity contribution in [3.63, 3.8) is 0 Å². The standard InChI is InChI=1S/C13H28N2.ClH/c1-5-13(2,3)8-9-15(4)12(10-14)11-6-7-11;/h11-12H,5-10,14H2,1-4H3;1H. The van der Waals surface area contributed by atoms with Crippen LogP contribution in [-0.4, -0.2) is 31.1 Å². The zero-order valence-corrected chi connectivity index (χ0v) is 12.1. The van der Waals surface area contributed by atoms with E-state index in [0.717, 1.165) is 12.5 Å². The van der Waals surface area contributed by atoms with Crippen molar-refractivity contribution in [2.24, 2.45) is 17.1 Å². The van der Waals surface area contributed by atoms with Crippen molar-refractivity contribution in [2.45, 2.75) is 52.5 Å². The number of halogens is 1. The van der Waals surface area contributed by atoms with Gasteiger partial charge in [-0.05, 0) is 44.2 Å². The first-order valence-electron chi connectivity index (χ1n) is 6.40. The van der Waals surface area contributed by atoms with E-state index in [1.807, 2.05) is 0 Å². The summed E-state index contributed by atoms with van der Waals surface area (Å²) in [6, 6.07) is 0.637. The molecular formula is C13H29ClN2. The van der Waals surface area contributed by atoms with E-state index in [1.165, 1.54) is 32.2 Å². The summed E-state index contributed by atoms with van der Waals surface area (Å²) in [5, 5.41) is 0. The minimum atomic E-state index is 0. The largest absolute Gasteiger partial charge is 0.329 e. The zero-order chi connectivity index (χ0) is 11.5. The maximum absolute atomic E-state index is 5.84. The monoisotopic (exact) mass is 248 g/mol. The number of rotatable bonds is 7. The molecule has 3 heteroatoms. The number of nitrogens with two attached hydrogens (primary N) is 1. The maximum Gasteiger partial charge on any atom is 0.0243 e. The Balaban J connectivity index is 0.00000225. The molecule has 2 N–H and O–H groups in total. The van der Waals surface area contributed by atoms with E-state index in [0.29, 0.717) is 11.5 Å². The minimum absolute atomic E-state index is 0. The van der Waals surface area contributed by atoms with Crippen molar-refractivity contribution in [2.75, 3.05) is 20.1 Å². The first kappa shape index (κ1) is 16.2. The van der Waals surface area contributed by atoms with Crippen LogP contribution in [0.1, 0.15) is 46.5 Å². The van der Waals surface area contributed by atoms with E-state index >= 15 is 0 Å². The third kappa shape index (κ3) is 5.03. The van der Waals surface area contributed by atoms with Crippen molar-refractivity contribution in [3.8, 4) is 0 Å². The van der Waals surface area contributed by atoms with Gasteiger partial charge in [-0.2, -0.15) is 0 Å². The van der Waals surface area contributed by atoms with E-state index in [9.17, 15) is 0 Å². The molecule has 1 aliphatic carbocycles. The second kappa shape index (κ2) is 6.83. The quantitative estimate of drug-likeness (QED) is 0.751. The Morgan fingerprint density at radius 2 is 1.94 bits per heavy atom. The molecule has 98 valence electrons. The third-order valence-corrected chi connectivity index (χ3v) is 4.07. The van der Waals surface area contributed by atoms with Gasteiger partial charge in [-0.15, -0.1) is 12.4 Å². The molecule has 0 amide bonds. The average Bonchev–Trinajstić information content (AvgIpc) is 3.00. The molecule has 1 aliphatic rings. The van der Waals surface area contributed by atoms with E-state index < -0.39 is 0 Å². The normalized spacial score (nSPS) is 18.4. The number of hydrogen-bond acceptors (Lipinski definition) is 2. The molecule has 0 aromatic carbocycles. The van der Waals surface area contributed by atoms with Crippen molar-refractivity contribution in [1.82, 2.24) is 4.90 Å². The van der Waals surface area contributed by atoms with Gasteiger partial charge in [0.15, 0.2) is 0 Å². The van der Waals surface area contributed by atoms with Gasteiger partial charge >= 0.3 is 0 Å². The molecule has 1 atom stereocenters. The third-order valence-electron chi connectivity index (χ3n) is 4.07. The zero-order valence-electron chi connectivity index (χ0n) is 11.3. The Morgan fingerprint density at radius 3 is 2.31 bits per heavy atom. The Hall–Kier alpha value is 0.210. The van der Waals surface area contributed by atoms with Crippen LogP contribution in [-0.2, 0) is 0 Å². The van der Waals surface area contributed by atoms with Gasteiger partial charge in [-0.25, -0.2) is 0 Å². The molecule has 1 fully saturated rings. The summed E-state index contributed by atoms with van der Waals surface area (Å²) >= 11 is 0. The molecule has 0 saturated heterocycles. The molecule has 2 nitrogen and oxygen atoms in total. The number of hydrogen-bond donors (Lipinski definition) is 1.